The Bertz CT molecular complexity index is 593. The first-order chi connectivity index (χ1) is 9.19. The van der Waals surface area contributed by atoms with Crippen molar-refractivity contribution in [2.45, 2.75) is 13.5 Å². The lowest BCUT2D eigenvalue weighted by molar-refractivity contribution is 0.318. The Labute approximate surface area is 112 Å². The third-order valence-electron chi connectivity index (χ3n) is 2.85. The maximum atomic E-state index is 8.66. The van der Waals surface area contributed by atoms with E-state index >= 15 is 0 Å². The van der Waals surface area contributed by atoms with Crippen LogP contribution in [0.2, 0.25) is 0 Å². The second-order valence-corrected chi connectivity index (χ2v) is 4.41. The topological polar surface area (TPSA) is 70.6 Å². The summed E-state index contributed by atoms with van der Waals surface area (Å²) in [5.74, 6) is 0.123. The molecule has 4 N–H and O–H groups in total. The van der Waals surface area contributed by atoms with Gasteiger partial charge in [0.2, 0.25) is 0 Å². The lowest BCUT2D eigenvalue weighted by atomic mass is 10.1. The van der Waals surface area contributed by atoms with E-state index in [4.69, 9.17) is 10.9 Å². The summed E-state index contributed by atoms with van der Waals surface area (Å²) in [7, 11) is 0. The summed E-state index contributed by atoms with van der Waals surface area (Å²) < 4.78 is 0. The molecule has 19 heavy (non-hydrogen) atoms. The van der Waals surface area contributed by atoms with E-state index in [1.54, 1.807) is 0 Å². The number of benzene rings is 2. The number of rotatable bonds is 4. The Morgan fingerprint density at radius 1 is 1.21 bits per heavy atom. The minimum atomic E-state index is 0.123. The molecule has 0 saturated heterocycles. The number of nitrogens with one attached hydrogen (secondary N) is 1. The van der Waals surface area contributed by atoms with Crippen LogP contribution in [0, 0.1) is 6.92 Å². The third-order valence-corrected chi connectivity index (χ3v) is 2.85. The molecule has 0 bridgehead atoms. The molecule has 0 aliphatic heterocycles. The highest BCUT2D eigenvalue weighted by molar-refractivity contribution is 5.97. The summed E-state index contributed by atoms with van der Waals surface area (Å²) >= 11 is 0. The van der Waals surface area contributed by atoms with Crippen molar-refractivity contribution in [3.05, 3.63) is 65.2 Å². The van der Waals surface area contributed by atoms with Crippen molar-refractivity contribution in [3.63, 3.8) is 0 Å². The van der Waals surface area contributed by atoms with E-state index in [-0.39, 0.29) is 5.84 Å². The van der Waals surface area contributed by atoms with Gasteiger partial charge in [0.25, 0.3) is 0 Å². The Hall–Kier alpha value is -2.49. The molecule has 0 amide bonds. The summed E-state index contributed by atoms with van der Waals surface area (Å²) in [6, 6.07) is 15.8. The van der Waals surface area contributed by atoms with E-state index in [0.29, 0.717) is 12.1 Å². The van der Waals surface area contributed by atoms with Crippen LogP contribution in [0.4, 0.5) is 5.69 Å². The Balaban J connectivity index is 2.08. The Kier molecular flexibility index (Phi) is 4.03. The van der Waals surface area contributed by atoms with Gasteiger partial charge in [-0.15, -0.1) is 0 Å². The molecule has 0 radical (unpaired) electrons. The van der Waals surface area contributed by atoms with Crippen molar-refractivity contribution in [1.29, 1.82) is 0 Å². The normalized spacial score (nSPS) is 11.3. The average Bonchev–Trinajstić information content (AvgIpc) is 2.45. The van der Waals surface area contributed by atoms with Gasteiger partial charge >= 0.3 is 0 Å². The zero-order chi connectivity index (χ0) is 13.7. The van der Waals surface area contributed by atoms with Crippen LogP contribution in [0.3, 0.4) is 0 Å². The monoisotopic (exact) mass is 255 g/mol. The lowest BCUT2D eigenvalue weighted by Crippen LogP contribution is -2.13. The van der Waals surface area contributed by atoms with Gasteiger partial charge in [0.05, 0.1) is 0 Å². The largest absolute Gasteiger partial charge is 0.409 e. The molecule has 2 aromatic rings. The fourth-order valence-corrected chi connectivity index (χ4v) is 1.86. The zero-order valence-corrected chi connectivity index (χ0v) is 10.8. The molecular weight excluding hydrogens is 238 g/mol. The van der Waals surface area contributed by atoms with Gasteiger partial charge in [-0.3, -0.25) is 0 Å². The standard InChI is InChI=1S/C15H17N3O/c1-11-4-2-7-14(8-11)17-10-12-5-3-6-13(9-12)15(16)18-19/h2-9,17,19H,10H2,1H3,(H2,16,18). The van der Waals surface area contributed by atoms with Crippen LogP contribution in [-0.2, 0) is 6.54 Å². The van der Waals surface area contributed by atoms with Crippen LogP contribution in [0.15, 0.2) is 53.7 Å². The molecule has 0 fully saturated rings. The molecule has 0 aliphatic rings. The van der Waals surface area contributed by atoms with Gasteiger partial charge in [0.15, 0.2) is 5.84 Å². The highest BCUT2D eigenvalue weighted by Crippen LogP contribution is 2.12. The molecule has 0 saturated carbocycles. The molecule has 98 valence electrons. The van der Waals surface area contributed by atoms with Crippen LogP contribution in [-0.4, -0.2) is 11.0 Å². The molecule has 0 aromatic heterocycles. The quantitative estimate of drug-likeness (QED) is 0.340. The van der Waals surface area contributed by atoms with Crippen LogP contribution >= 0.6 is 0 Å². The van der Waals surface area contributed by atoms with Crippen molar-refractivity contribution in [2.24, 2.45) is 10.9 Å². The molecule has 0 heterocycles. The molecule has 4 nitrogen and oxygen atoms in total. The van der Waals surface area contributed by atoms with Gasteiger partial charge in [0, 0.05) is 17.8 Å². The second-order valence-electron chi connectivity index (χ2n) is 4.41. The molecule has 4 heteroatoms. The van der Waals surface area contributed by atoms with Gasteiger partial charge in [-0.25, -0.2) is 0 Å². The van der Waals surface area contributed by atoms with Crippen molar-refractivity contribution in [2.75, 3.05) is 5.32 Å². The fourth-order valence-electron chi connectivity index (χ4n) is 1.86. The molecule has 0 spiro atoms. The number of hydrogen-bond acceptors (Lipinski definition) is 3. The zero-order valence-electron chi connectivity index (χ0n) is 10.8. The summed E-state index contributed by atoms with van der Waals surface area (Å²) in [6.07, 6.45) is 0. The predicted octanol–water partition coefficient (Wildman–Crippen LogP) is 2.70. The average molecular weight is 255 g/mol. The van der Waals surface area contributed by atoms with Gasteiger partial charge in [-0.2, -0.15) is 0 Å². The van der Waals surface area contributed by atoms with Crippen molar-refractivity contribution < 1.29 is 5.21 Å². The van der Waals surface area contributed by atoms with E-state index in [1.165, 1.54) is 5.56 Å². The predicted molar refractivity (Wildman–Crippen MR) is 77.5 cm³/mol. The van der Waals surface area contributed by atoms with E-state index < -0.39 is 0 Å². The SMILES string of the molecule is Cc1cccc(NCc2cccc(C(N)=NO)c2)c1. The summed E-state index contributed by atoms with van der Waals surface area (Å²) in [5, 5.41) is 15.0. The minimum Gasteiger partial charge on any atom is -0.409 e. The summed E-state index contributed by atoms with van der Waals surface area (Å²) in [6.45, 7) is 2.75. The van der Waals surface area contributed by atoms with Crippen LogP contribution < -0.4 is 11.1 Å². The Morgan fingerprint density at radius 2 is 2.00 bits per heavy atom. The van der Waals surface area contributed by atoms with Crippen LogP contribution in [0.1, 0.15) is 16.7 Å². The summed E-state index contributed by atoms with van der Waals surface area (Å²) in [5.41, 5.74) is 9.65. The molecule has 2 rings (SSSR count). The third kappa shape index (κ3) is 3.48. The van der Waals surface area contributed by atoms with Gasteiger partial charge in [-0.1, -0.05) is 35.5 Å². The smallest absolute Gasteiger partial charge is 0.170 e. The van der Waals surface area contributed by atoms with Crippen molar-refractivity contribution in [3.8, 4) is 0 Å². The number of anilines is 1. The molecule has 0 aliphatic carbocycles. The first-order valence-electron chi connectivity index (χ1n) is 6.06. The lowest BCUT2D eigenvalue weighted by Gasteiger charge is -2.08. The van der Waals surface area contributed by atoms with E-state index in [2.05, 4.69) is 29.5 Å². The number of hydrogen-bond donors (Lipinski definition) is 3. The van der Waals surface area contributed by atoms with E-state index in [9.17, 15) is 0 Å². The van der Waals surface area contributed by atoms with Gasteiger partial charge in [0.1, 0.15) is 0 Å². The number of amidine groups is 1. The highest BCUT2D eigenvalue weighted by atomic mass is 16.4. The van der Waals surface area contributed by atoms with Crippen LogP contribution in [0.5, 0.6) is 0 Å². The maximum Gasteiger partial charge on any atom is 0.170 e. The van der Waals surface area contributed by atoms with Gasteiger partial charge < -0.3 is 16.3 Å². The van der Waals surface area contributed by atoms with E-state index in [1.807, 2.05) is 36.4 Å². The minimum absolute atomic E-state index is 0.123. The number of oxime groups is 1. The van der Waals surface area contributed by atoms with Crippen LogP contribution in [0.25, 0.3) is 0 Å². The Morgan fingerprint density at radius 3 is 2.74 bits per heavy atom. The molecule has 0 unspecified atom stereocenters. The first-order valence-corrected chi connectivity index (χ1v) is 6.06. The highest BCUT2D eigenvalue weighted by Gasteiger charge is 2.00. The maximum absolute atomic E-state index is 8.66. The second kappa shape index (κ2) is 5.91. The van der Waals surface area contributed by atoms with Gasteiger partial charge in [-0.05, 0) is 36.2 Å². The molecule has 2 aromatic carbocycles. The summed E-state index contributed by atoms with van der Waals surface area (Å²) in [4.78, 5) is 0. The number of aryl methyl sites for hydroxylation is 1. The van der Waals surface area contributed by atoms with Crippen molar-refractivity contribution in [1.82, 2.24) is 0 Å². The molecule has 0 atom stereocenters. The number of nitrogens with two attached hydrogens (primary N) is 1. The van der Waals surface area contributed by atoms with Crippen molar-refractivity contribution >= 4 is 11.5 Å². The molecular formula is C15H17N3O. The number of nitrogens with zero attached hydrogens (tertiary/aromatic N) is 1. The van der Waals surface area contributed by atoms with E-state index in [0.717, 1.165) is 11.3 Å². The first kappa shape index (κ1) is 13.0. The fraction of sp³-hybridized carbons (Fsp3) is 0.133.